The fourth-order valence-electron chi connectivity index (χ4n) is 3.94. The molecule has 1 aromatic heterocycles. The van der Waals surface area contributed by atoms with E-state index in [0.717, 1.165) is 18.7 Å². The van der Waals surface area contributed by atoms with Crippen molar-refractivity contribution in [1.29, 1.82) is 0 Å². The van der Waals surface area contributed by atoms with Crippen LogP contribution >= 0.6 is 0 Å². The van der Waals surface area contributed by atoms with Gasteiger partial charge >= 0.3 is 5.97 Å². The number of methoxy groups -OCH3 is 1. The molecule has 0 atom stereocenters. The van der Waals surface area contributed by atoms with Gasteiger partial charge in [-0.3, -0.25) is 4.79 Å². The topological polar surface area (TPSA) is 75.0 Å². The number of anilines is 1. The quantitative estimate of drug-likeness (QED) is 0.678. The van der Waals surface area contributed by atoms with E-state index >= 15 is 4.39 Å². The number of aromatic nitrogens is 1. The van der Waals surface area contributed by atoms with Gasteiger partial charge in [0.2, 0.25) is 5.43 Å². The number of likely N-dealkylation sites (N-methyl/N-ethyl adjacent to an activating group) is 1. The fraction of sp³-hybridized carbons (Fsp3) is 0.304. The average molecular weight is 425 g/mol. The smallest absolute Gasteiger partial charge is 0.341 e. The number of halogens is 1. The number of nitrogens with zero attached hydrogens (tertiary/aromatic N) is 3. The Kier molecular flexibility index (Phi) is 5.65. The SMILES string of the molecule is COc1cccc(Cn2cc(C(=O)O)c(=O)c3cc(F)c(N4CCN(C)CC4)cc32)c1. The van der Waals surface area contributed by atoms with Gasteiger partial charge < -0.3 is 24.2 Å². The van der Waals surface area contributed by atoms with E-state index in [1.807, 2.05) is 36.2 Å². The van der Waals surface area contributed by atoms with Crippen LogP contribution in [-0.4, -0.2) is 60.9 Å². The number of rotatable bonds is 5. The Morgan fingerprint density at radius 2 is 1.90 bits per heavy atom. The van der Waals surface area contributed by atoms with Crippen LogP contribution in [0.25, 0.3) is 10.9 Å². The second kappa shape index (κ2) is 8.39. The van der Waals surface area contributed by atoms with Crippen molar-refractivity contribution in [3.63, 3.8) is 0 Å². The predicted molar refractivity (Wildman–Crippen MR) is 117 cm³/mol. The summed E-state index contributed by atoms with van der Waals surface area (Å²) in [6.07, 6.45) is 1.33. The van der Waals surface area contributed by atoms with Crippen LogP contribution in [0, 0.1) is 5.82 Å². The molecule has 8 heteroatoms. The molecule has 4 rings (SSSR count). The van der Waals surface area contributed by atoms with Crippen LogP contribution in [-0.2, 0) is 6.54 Å². The number of carboxylic acid groups (broad SMARTS) is 1. The molecule has 1 saturated heterocycles. The molecule has 1 aliphatic rings. The Balaban J connectivity index is 1.87. The van der Waals surface area contributed by atoms with Gasteiger partial charge in [0.1, 0.15) is 17.1 Å². The highest BCUT2D eigenvalue weighted by atomic mass is 19.1. The standard InChI is InChI=1S/C23H24FN3O4/c1-25-6-8-26(9-7-25)21-12-20-17(11-19(21)24)22(28)18(23(29)30)14-27(20)13-15-4-3-5-16(10-15)31-2/h3-5,10-12,14H,6-9,13H2,1-2H3,(H,29,30). The number of ether oxygens (including phenoxy) is 1. The summed E-state index contributed by atoms with van der Waals surface area (Å²) in [6.45, 7) is 3.28. The zero-order valence-corrected chi connectivity index (χ0v) is 17.5. The number of carbonyl (C=O) groups is 1. The first kappa shape index (κ1) is 20.9. The molecule has 0 saturated carbocycles. The van der Waals surface area contributed by atoms with Gasteiger partial charge in [0.25, 0.3) is 0 Å². The van der Waals surface area contributed by atoms with Gasteiger partial charge in [0.15, 0.2) is 0 Å². The minimum absolute atomic E-state index is 0.0539. The lowest BCUT2D eigenvalue weighted by atomic mass is 10.1. The Labute approximate surface area is 178 Å². The van der Waals surface area contributed by atoms with Crippen molar-refractivity contribution in [3.8, 4) is 5.75 Å². The van der Waals surface area contributed by atoms with Crippen molar-refractivity contribution in [3.05, 3.63) is 69.8 Å². The van der Waals surface area contributed by atoms with Crippen LogP contribution in [0.4, 0.5) is 10.1 Å². The van der Waals surface area contributed by atoms with Gasteiger partial charge in [-0.2, -0.15) is 0 Å². The van der Waals surface area contributed by atoms with Crippen LogP contribution in [0.3, 0.4) is 0 Å². The van der Waals surface area contributed by atoms with E-state index < -0.39 is 17.2 Å². The number of benzene rings is 2. The molecule has 2 heterocycles. The van der Waals surface area contributed by atoms with Crippen LogP contribution in [0.2, 0.25) is 0 Å². The molecule has 0 radical (unpaired) electrons. The van der Waals surface area contributed by atoms with Crippen LogP contribution in [0.5, 0.6) is 5.75 Å². The third-order valence-electron chi connectivity index (χ3n) is 5.71. The van der Waals surface area contributed by atoms with Gasteiger partial charge in [-0.25, -0.2) is 9.18 Å². The Morgan fingerprint density at radius 3 is 2.58 bits per heavy atom. The third kappa shape index (κ3) is 4.11. The summed E-state index contributed by atoms with van der Waals surface area (Å²) < 4.78 is 22.0. The molecular weight excluding hydrogens is 401 g/mol. The van der Waals surface area contributed by atoms with Crippen molar-refractivity contribution >= 4 is 22.6 Å². The van der Waals surface area contributed by atoms with E-state index in [1.165, 1.54) is 12.3 Å². The first-order valence-corrected chi connectivity index (χ1v) is 10.0. The first-order valence-electron chi connectivity index (χ1n) is 10.0. The van der Waals surface area contributed by atoms with Crippen molar-refractivity contribution in [2.45, 2.75) is 6.54 Å². The molecular formula is C23H24FN3O4. The van der Waals surface area contributed by atoms with E-state index in [4.69, 9.17) is 4.74 Å². The fourth-order valence-corrected chi connectivity index (χ4v) is 3.94. The normalized spacial score (nSPS) is 14.7. The van der Waals surface area contributed by atoms with Gasteiger partial charge in [-0.05, 0) is 36.9 Å². The number of pyridine rings is 1. The molecule has 1 fully saturated rings. The van der Waals surface area contributed by atoms with Crippen molar-refractivity contribution < 1.29 is 19.0 Å². The van der Waals surface area contributed by atoms with Crippen LogP contribution in [0.15, 0.2) is 47.4 Å². The zero-order valence-electron chi connectivity index (χ0n) is 17.5. The van der Waals surface area contributed by atoms with Gasteiger partial charge in [-0.1, -0.05) is 12.1 Å². The second-order valence-electron chi connectivity index (χ2n) is 7.77. The van der Waals surface area contributed by atoms with Crippen molar-refractivity contribution in [2.75, 3.05) is 45.2 Å². The predicted octanol–water partition coefficient (Wildman–Crippen LogP) is 2.65. The van der Waals surface area contributed by atoms with Gasteiger partial charge in [0, 0.05) is 44.3 Å². The maximum atomic E-state index is 15.0. The average Bonchev–Trinajstić information content (AvgIpc) is 2.76. The van der Waals surface area contributed by atoms with E-state index in [1.54, 1.807) is 17.7 Å². The summed E-state index contributed by atoms with van der Waals surface area (Å²) in [5.41, 5.74) is 0.706. The Morgan fingerprint density at radius 1 is 1.16 bits per heavy atom. The monoisotopic (exact) mass is 425 g/mol. The van der Waals surface area contributed by atoms with E-state index in [2.05, 4.69) is 4.90 Å². The Bertz CT molecular complexity index is 1200. The van der Waals surface area contributed by atoms with Gasteiger partial charge in [-0.15, -0.1) is 0 Å². The molecule has 1 aliphatic heterocycles. The molecule has 0 bridgehead atoms. The molecule has 0 spiro atoms. The summed E-state index contributed by atoms with van der Waals surface area (Å²) in [5, 5.41) is 9.56. The molecule has 3 aromatic rings. The molecule has 7 nitrogen and oxygen atoms in total. The highest BCUT2D eigenvalue weighted by Crippen LogP contribution is 2.27. The van der Waals surface area contributed by atoms with Crippen molar-refractivity contribution in [2.24, 2.45) is 0 Å². The molecule has 0 unspecified atom stereocenters. The number of fused-ring (bicyclic) bond motifs is 1. The number of hydrogen-bond donors (Lipinski definition) is 1. The lowest BCUT2D eigenvalue weighted by Crippen LogP contribution is -2.44. The zero-order chi connectivity index (χ0) is 22.1. The maximum Gasteiger partial charge on any atom is 0.341 e. The van der Waals surface area contributed by atoms with Crippen molar-refractivity contribution in [1.82, 2.24) is 9.47 Å². The maximum absolute atomic E-state index is 15.0. The van der Waals surface area contributed by atoms with Crippen LogP contribution in [0.1, 0.15) is 15.9 Å². The number of hydrogen-bond acceptors (Lipinski definition) is 5. The molecule has 1 N–H and O–H groups in total. The lowest BCUT2D eigenvalue weighted by molar-refractivity contribution is 0.0695. The highest BCUT2D eigenvalue weighted by molar-refractivity contribution is 5.93. The molecule has 31 heavy (non-hydrogen) atoms. The summed E-state index contributed by atoms with van der Waals surface area (Å²) in [7, 11) is 3.59. The third-order valence-corrected chi connectivity index (χ3v) is 5.71. The van der Waals surface area contributed by atoms with E-state index in [9.17, 15) is 14.7 Å². The summed E-state index contributed by atoms with van der Waals surface area (Å²) in [6, 6.07) is 10.2. The largest absolute Gasteiger partial charge is 0.497 e. The highest BCUT2D eigenvalue weighted by Gasteiger charge is 2.21. The first-order chi connectivity index (χ1) is 14.9. The van der Waals surface area contributed by atoms with E-state index in [-0.39, 0.29) is 10.9 Å². The lowest BCUT2D eigenvalue weighted by Gasteiger charge is -2.34. The number of aromatic carboxylic acids is 1. The van der Waals surface area contributed by atoms with Crippen LogP contribution < -0.4 is 15.1 Å². The van der Waals surface area contributed by atoms with E-state index in [0.29, 0.717) is 36.6 Å². The molecule has 162 valence electrons. The summed E-state index contributed by atoms with van der Waals surface area (Å²) in [4.78, 5) is 28.5. The van der Waals surface area contributed by atoms with Gasteiger partial charge in [0.05, 0.1) is 18.3 Å². The molecule has 2 aromatic carbocycles. The second-order valence-corrected chi connectivity index (χ2v) is 7.77. The number of piperazine rings is 1. The summed E-state index contributed by atoms with van der Waals surface area (Å²) >= 11 is 0. The Hall–Kier alpha value is -3.39. The minimum Gasteiger partial charge on any atom is -0.497 e. The number of carboxylic acids is 1. The summed E-state index contributed by atoms with van der Waals surface area (Å²) in [5.74, 6) is -1.19. The minimum atomic E-state index is -1.34. The molecule has 0 aliphatic carbocycles. The molecule has 0 amide bonds.